The van der Waals surface area contributed by atoms with Crippen molar-refractivity contribution >= 4 is 0 Å². The molecule has 5 heteroatoms. The molecule has 1 atom stereocenters. The molecule has 0 saturated heterocycles. The van der Waals surface area contributed by atoms with Crippen LogP contribution < -0.4 is 10.5 Å². The fraction of sp³-hybridized carbons (Fsp3) is 0.467. The van der Waals surface area contributed by atoms with Gasteiger partial charge in [-0.2, -0.15) is 5.10 Å². The Labute approximate surface area is 118 Å². The number of fused-ring (bicyclic) bond motifs is 1. The molecule has 5 nitrogen and oxygen atoms in total. The fourth-order valence-electron chi connectivity index (χ4n) is 2.70. The van der Waals surface area contributed by atoms with Crippen LogP contribution in [0.15, 0.2) is 24.3 Å². The number of nitrogens with two attached hydrogens (primary N) is 1. The van der Waals surface area contributed by atoms with E-state index < -0.39 is 0 Å². The zero-order valence-electron chi connectivity index (χ0n) is 11.7. The van der Waals surface area contributed by atoms with Crippen molar-refractivity contribution in [1.29, 1.82) is 0 Å². The lowest BCUT2D eigenvalue weighted by atomic mass is 10.1. The minimum atomic E-state index is 0.316. The second-order valence-corrected chi connectivity index (χ2v) is 5.20. The van der Waals surface area contributed by atoms with Crippen LogP contribution in [0.3, 0.4) is 0 Å². The van der Waals surface area contributed by atoms with Gasteiger partial charge in [-0.3, -0.25) is 0 Å². The standard InChI is InChI=1S/C15H20N4O/c1-20-13-7-5-11(6-8-13)9-14-17-15-4-2-3-12(10-16)19(15)18-14/h5-8,12H,2-4,9-10,16H2,1H3. The molecule has 106 valence electrons. The van der Waals surface area contributed by atoms with Crippen LogP contribution in [0.4, 0.5) is 0 Å². The van der Waals surface area contributed by atoms with Crippen molar-refractivity contribution in [2.75, 3.05) is 13.7 Å². The first-order valence-electron chi connectivity index (χ1n) is 7.07. The van der Waals surface area contributed by atoms with Gasteiger partial charge in [-0.05, 0) is 30.5 Å². The molecule has 2 N–H and O–H groups in total. The first-order valence-corrected chi connectivity index (χ1v) is 7.07. The summed E-state index contributed by atoms with van der Waals surface area (Å²) in [5, 5.41) is 4.64. The molecule has 0 radical (unpaired) electrons. The van der Waals surface area contributed by atoms with E-state index in [9.17, 15) is 0 Å². The van der Waals surface area contributed by atoms with Crippen LogP contribution in [0.25, 0.3) is 0 Å². The van der Waals surface area contributed by atoms with E-state index in [1.54, 1.807) is 7.11 Å². The Morgan fingerprint density at radius 2 is 2.15 bits per heavy atom. The van der Waals surface area contributed by atoms with Crippen LogP contribution in [0.2, 0.25) is 0 Å². The molecular formula is C15H20N4O. The number of hydrogen-bond donors (Lipinski definition) is 1. The fourth-order valence-corrected chi connectivity index (χ4v) is 2.70. The van der Waals surface area contributed by atoms with Gasteiger partial charge in [0.2, 0.25) is 0 Å². The highest BCUT2D eigenvalue weighted by molar-refractivity contribution is 5.28. The summed E-state index contributed by atoms with van der Waals surface area (Å²) in [4.78, 5) is 4.65. The van der Waals surface area contributed by atoms with Crippen molar-refractivity contribution in [3.8, 4) is 5.75 Å². The molecular weight excluding hydrogens is 252 g/mol. The zero-order valence-corrected chi connectivity index (χ0v) is 11.7. The van der Waals surface area contributed by atoms with E-state index in [0.29, 0.717) is 12.6 Å². The minimum absolute atomic E-state index is 0.316. The highest BCUT2D eigenvalue weighted by Crippen LogP contribution is 2.23. The molecule has 1 aromatic heterocycles. The Kier molecular flexibility index (Phi) is 3.69. The average Bonchev–Trinajstić information content (AvgIpc) is 2.90. The summed E-state index contributed by atoms with van der Waals surface area (Å²) in [6.07, 6.45) is 4.02. The number of aromatic nitrogens is 3. The first-order chi connectivity index (χ1) is 9.80. The zero-order chi connectivity index (χ0) is 13.9. The van der Waals surface area contributed by atoms with Crippen molar-refractivity contribution in [2.24, 2.45) is 5.73 Å². The lowest BCUT2D eigenvalue weighted by Gasteiger charge is -2.21. The number of hydrogen-bond acceptors (Lipinski definition) is 4. The third-order valence-corrected chi connectivity index (χ3v) is 3.82. The molecule has 3 rings (SSSR count). The van der Waals surface area contributed by atoms with Gasteiger partial charge in [0.15, 0.2) is 5.82 Å². The van der Waals surface area contributed by atoms with E-state index in [0.717, 1.165) is 43.1 Å². The van der Waals surface area contributed by atoms with E-state index in [1.165, 1.54) is 5.56 Å². The molecule has 0 spiro atoms. The Balaban J connectivity index is 1.79. The summed E-state index contributed by atoms with van der Waals surface area (Å²) in [6, 6.07) is 8.36. The second-order valence-electron chi connectivity index (χ2n) is 5.20. The summed E-state index contributed by atoms with van der Waals surface area (Å²) >= 11 is 0. The lowest BCUT2D eigenvalue weighted by Crippen LogP contribution is -2.25. The number of nitrogens with zero attached hydrogens (tertiary/aromatic N) is 3. The summed E-state index contributed by atoms with van der Waals surface area (Å²) in [7, 11) is 1.67. The average molecular weight is 272 g/mol. The normalized spacial score (nSPS) is 17.8. The van der Waals surface area contributed by atoms with Gasteiger partial charge in [-0.15, -0.1) is 0 Å². The molecule has 2 aromatic rings. The van der Waals surface area contributed by atoms with Crippen molar-refractivity contribution < 1.29 is 4.74 Å². The first kappa shape index (κ1) is 13.1. The molecule has 0 amide bonds. The smallest absolute Gasteiger partial charge is 0.155 e. The Morgan fingerprint density at radius 3 is 2.85 bits per heavy atom. The van der Waals surface area contributed by atoms with Crippen LogP contribution in [-0.4, -0.2) is 28.4 Å². The van der Waals surface area contributed by atoms with Crippen molar-refractivity contribution in [3.05, 3.63) is 41.5 Å². The van der Waals surface area contributed by atoms with Gasteiger partial charge in [0.05, 0.1) is 13.2 Å². The molecule has 1 aliphatic heterocycles. The SMILES string of the molecule is COc1ccc(Cc2nc3n(n2)C(CN)CCC3)cc1. The van der Waals surface area contributed by atoms with Crippen LogP contribution in [0.1, 0.15) is 36.1 Å². The quantitative estimate of drug-likeness (QED) is 0.920. The van der Waals surface area contributed by atoms with E-state index in [-0.39, 0.29) is 0 Å². The molecule has 2 heterocycles. The van der Waals surface area contributed by atoms with Gasteiger partial charge in [-0.25, -0.2) is 9.67 Å². The molecule has 0 fully saturated rings. The molecule has 1 aliphatic rings. The van der Waals surface area contributed by atoms with Crippen LogP contribution in [-0.2, 0) is 12.8 Å². The largest absolute Gasteiger partial charge is 0.497 e. The number of rotatable bonds is 4. The summed E-state index contributed by atoms with van der Waals surface area (Å²) in [5.74, 6) is 2.83. The third kappa shape index (κ3) is 2.54. The summed E-state index contributed by atoms with van der Waals surface area (Å²) < 4.78 is 7.20. The Hall–Kier alpha value is -1.88. The highest BCUT2D eigenvalue weighted by Gasteiger charge is 2.21. The molecule has 1 aromatic carbocycles. The summed E-state index contributed by atoms with van der Waals surface area (Å²) in [5.41, 5.74) is 7.00. The monoisotopic (exact) mass is 272 g/mol. The molecule has 20 heavy (non-hydrogen) atoms. The van der Waals surface area contributed by atoms with Gasteiger partial charge in [0.25, 0.3) is 0 Å². The van der Waals surface area contributed by atoms with Crippen molar-refractivity contribution in [1.82, 2.24) is 14.8 Å². The van der Waals surface area contributed by atoms with Gasteiger partial charge in [-0.1, -0.05) is 12.1 Å². The van der Waals surface area contributed by atoms with Crippen LogP contribution in [0, 0.1) is 0 Å². The van der Waals surface area contributed by atoms with Gasteiger partial charge >= 0.3 is 0 Å². The maximum Gasteiger partial charge on any atom is 0.155 e. The predicted octanol–water partition coefficient (Wildman–Crippen LogP) is 1.71. The van der Waals surface area contributed by atoms with Crippen molar-refractivity contribution in [2.45, 2.75) is 31.7 Å². The van der Waals surface area contributed by atoms with E-state index in [1.807, 2.05) is 16.8 Å². The second kappa shape index (κ2) is 5.63. The molecule has 0 aliphatic carbocycles. The van der Waals surface area contributed by atoms with E-state index in [4.69, 9.17) is 10.5 Å². The number of aryl methyl sites for hydroxylation is 1. The van der Waals surface area contributed by atoms with Gasteiger partial charge < -0.3 is 10.5 Å². The van der Waals surface area contributed by atoms with Crippen LogP contribution in [0.5, 0.6) is 5.75 Å². The van der Waals surface area contributed by atoms with Gasteiger partial charge in [0.1, 0.15) is 11.6 Å². The summed E-state index contributed by atoms with van der Waals surface area (Å²) in [6.45, 7) is 0.637. The number of ether oxygens (including phenoxy) is 1. The third-order valence-electron chi connectivity index (χ3n) is 3.82. The Bertz CT molecular complexity index is 576. The van der Waals surface area contributed by atoms with Gasteiger partial charge in [0, 0.05) is 19.4 Å². The van der Waals surface area contributed by atoms with Crippen molar-refractivity contribution in [3.63, 3.8) is 0 Å². The predicted molar refractivity (Wildman–Crippen MR) is 76.9 cm³/mol. The lowest BCUT2D eigenvalue weighted by molar-refractivity contribution is 0.368. The van der Waals surface area contributed by atoms with E-state index >= 15 is 0 Å². The molecule has 0 bridgehead atoms. The Morgan fingerprint density at radius 1 is 1.35 bits per heavy atom. The molecule has 0 saturated carbocycles. The highest BCUT2D eigenvalue weighted by atomic mass is 16.5. The molecule has 1 unspecified atom stereocenters. The van der Waals surface area contributed by atoms with E-state index in [2.05, 4.69) is 22.2 Å². The number of methoxy groups -OCH3 is 1. The van der Waals surface area contributed by atoms with Crippen LogP contribution >= 0.6 is 0 Å². The maximum absolute atomic E-state index is 5.81. The minimum Gasteiger partial charge on any atom is -0.497 e. The maximum atomic E-state index is 5.81. The topological polar surface area (TPSA) is 66.0 Å². The number of benzene rings is 1.